The molecule has 5 N–H and O–H groups in total. The molecule has 3 atom stereocenters. The van der Waals surface area contributed by atoms with Crippen molar-refractivity contribution in [2.75, 3.05) is 6.54 Å². The van der Waals surface area contributed by atoms with Gasteiger partial charge in [0.15, 0.2) is 5.78 Å². The van der Waals surface area contributed by atoms with Crippen LogP contribution in [0.15, 0.2) is 0 Å². The normalized spacial score (nSPS) is 19.8. The number of imide groups is 1. The van der Waals surface area contributed by atoms with E-state index in [1.165, 1.54) is 6.92 Å². The highest BCUT2D eigenvalue weighted by molar-refractivity contribution is 6.16. The first-order valence-corrected chi connectivity index (χ1v) is 6.92. The molecule has 11 heteroatoms. The van der Waals surface area contributed by atoms with Gasteiger partial charge in [-0.3, -0.25) is 33.7 Å². The van der Waals surface area contributed by atoms with Crippen molar-refractivity contribution in [1.82, 2.24) is 10.2 Å². The second-order valence-corrected chi connectivity index (χ2v) is 5.32. The smallest absolute Gasteiger partial charge is 0.323 e. The minimum atomic E-state index is -1.55. The Morgan fingerprint density at radius 2 is 1.83 bits per heavy atom. The molecule has 3 amide bonds. The van der Waals surface area contributed by atoms with Gasteiger partial charge in [-0.05, 0) is 6.92 Å². The topological polar surface area (TPSA) is 184 Å². The average Bonchev–Trinajstić information content (AvgIpc) is 2.72. The summed E-state index contributed by atoms with van der Waals surface area (Å²) in [5, 5.41) is 19.6. The summed E-state index contributed by atoms with van der Waals surface area (Å²) in [6, 6.07) is -2.56. The lowest BCUT2D eigenvalue weighted by molar-refractivity contribution is -0.150. The Morgan fingerprint density at radius 1 is 1.25 bits per heavy atom. The number of nitrogens with zero attached hydrogens (tertiary/aromatic N) is 1. The first-order valence-electron chi connectivity index (χ1n) is 6.92. The summed E-state index contributed by atoms with van der Waals surface area (Å²) in [5.41, 5.74) is 5.33. The highest BCUT2D eigenvalue weighted by Crippen LogP contribution is 2.22. The molecule has 1 aliphatic rings. The third-order valence-electron chi connectivity index (χ3n) is 3.33. The number of nitrogens with two attached hydrogens (primary N) is 1. The van der Waals surface area contributed by atoms with Gasteiger partial charge in [-0.25, -0.2) is 0 Å². The van der Waals surface area contributed by atoms with Crippen LogP contribution in [0.1, 0.15) is 19.8 Å². The molecule has 1 rings (SSSR count). The van der Waals surface area contributed by atoms with E-state index in [4.69, 9.17) is 15.9 Å². The molecule has 0 bridgehead atoms. The van der Waals surface area contributed by atoms with Gasteiger partial charge in [-0.1, -0.05) is 0 Å². The number of rotatable bonds is 8. The minimum Gasteiger partial charge on any atom is -0.481 e. The molecular formula is C13H17N3O8. The summed E-state index contributed by atoms with van der Waals surface area (Å²) in [6.07, 6.45) is -1.37. The standard InChI is InChI=1S/C13H17N3O8/c1-5(14)12(23)15-7(3-9(18)19)11(22)6-2-8(17)16(13(6)24)4-10(20)21/h5-7H,2-4,14H2,1H3,(H,15,23)(H,18,19)(H,20,21)/t5-,6+,7-/m0/s1. The molecule has 0 spiro atoms. The number of likely N-dealkylation sites (tertiary alicyclic amines) is 1. The van der Waals surface area contributed by atoms with E-state index in [1.54, 1.807) is 0 Å². The number of hydrogen-bond acceptors (Lipinski definition) is 7. The Balaban J connectivity index is 2.95. The van der Waals surface area contributed by atoms with Crippen molar-refractivity contribution in [3.05, 3.63) is 0 Å². The Labute approximate surface area is 135 Å². The fourth-order valence-corrected chi connectivity index (χ4v) is 2.15. The average molecular weight is 343 g/mol. The molecule has 0 unspecified atom stereocenters. The van der Waals surface area contributed by atoms with Gasteiger partial charge in [0, 0.05) is 6.42 Å². The molecule has 132 valence electrons. The highest BCUT2D eigenvalue weighted by atomic mass is 16.4. The SMILES string of the molecule is C[C@H](N)C(=O)N[C@@H](CC(=O)O)C(=O)[C@H]1CC(=O)N(CC(=O)O)C1=O. The van der Waals surface area contributed by atoms with E-state index in [2.05, 4.69) is 5.32 Å². The van der Waals surface area contributed by atoms with Gasteiger partial charge < -0.3 is 21.3 Å². The second kappa shape index (κ2) is 7.64. The van der Waals surface area contributed by atoms with Gasteiger partial charge in [0.1, 0.15) is 12.5 Å². The van der Waals surface area contributed by atoms with E-state index in [9.17, 15) is 28.8 Å². The molecule has 1 heterocycles. The van der Waals surface area contributed by atoms with Crippen molar-refractivity contribution in [1.29, 1.82) is 0 Å². The van der Waals surface area contributed by atoms with Gasteiger partial charge in [0.2, 0.25) is 17.7 Å². The molecular weight excluding hydrogens is 326 g/mol. The number of carboxylic acids is 2. The Morgan fingerprint density at radius 3 is 2.29 bits per heavy atom. The third-order valence-corrected chi connectivity index (χ3v) is 3.33. The van der Waals surface area contributed by atoms with E-state index in [0.29, 0.717) is 4.90 Å². The molecule has 0 radical (unpaired) electrons. The van der Waals surface area contributed by atoms with Crippen molar-refractivity contribution in [2.24, 2.45) is 11.7 Å². The molecule has 24 heavy (non-hydrogen) atoms. The molecule has 0 aliphatic carbocycles. The summed E-state index contributed by atoms with van der Waals surface area (Å²) < 4.78 is 0. The first-order chi connectivity index (χ1) is 11.0. The van der Waals surface area contributed by atoms with Gasteiger partial charge in [-0.15, -0.1) is 0 Å². The largest absolute Gasteiger partial charge is 0.481 e. The van der Waals surface area contributed by atoms with E-state index in [-0.39, 0.29) is 0 Å². The molecule has 1 saturated heterocycles. The Kier molecular flexibility index (Phi) is 6.12. The van der Waals surface area contributed by atoms with E-state index >= 15 is 0 Å². The van der Waals surface area contributed by atoms with Crippen LogP contribution >= 0.6 is 0 Å². The van der Waals surface area contributed by atoms with Crippen molar-refractivity contribution < 1.29 is 39.0 Å². The number of amides is 3. The summed E-state index contributed by atoms with van der Waals surface area (Å²) in [7, 11) is 0. The predicted octanol–water partition coefficient (Wildman–Crippen LogP) is -2.68. The number of Topliss-reactive ketones (excluding diaryl/α,β-unsaturated/α-hetero) is 1. The predicted molar refractivity (Wildman–Crippen MR) is 75.3 cm³/mol. The summed E-state index contributed by atoms with van der Waals surface area (Å²) in [4.78, 5) is 69.6. The van der Waals surface area contributed by atoms with Crippen LogP contribution < -0.4 is 11.1 Å². The summed E-state index contributed by atoms with van der Waals surface area (Å²) >= 11 is 0. The maximum atomic E-state index is 12.4. The van der Waals surface area contributed by atoms with Crippen LogP contribution in [0.2, 0.25) is 0 Å². The number of aliphatic carboxylic acids is 2. The maximum absolute atomic E-state index is 12.4. The quantitative estimate of drug-likeness (QED) is 0.269. The zero-order chi connectivity index (χ0) is 18.6. The molecule has 0 aromatic rings. The lowest BCUT2D eigenvalue weighted by Gasteiger charge is -2.19. The number of nitrogens with one attached hydrogen (secondary N) is 1. The molecule has 0 aromatic heterocycles. The molecule has 0 aromatic carbocycles. The van der Waals surface area contributed by atoms with Gasteiger partial charge in [0.05, 0.1) is 18.5 Å². The molecule has 1 fully saturated rings. The highest BCUT2D eigenvalue weighted by Gasteiger charge is 2.46. The van der Waals surface area contributed by atoms with Crippen molar-refractivity contribution in [2.45, 2.75) is 31.8 Å². The lowest BCUT2D eigenvalue weighted by atomic mass is 9.94. The lowest BCUT2D eigenvalue weighted by Crippen LogP contribution is -2.50. The van der Waals surface area contributed by atoms with Crippen molar-refractivity contribution in [3.8, 4) is 0 Å². The van der Waals surface area contributed by atoms with Crippen LogP contribution in [-0.4, -0.2) is 69.2 Å². The van der Waals surface area contributed by atoms with Crippen LogP contribution in [0, 0.1) is 5.92 Å². The van der Waals surface area contributed by atoms with Gasteiger partial charge in [-0.2, -0.15) is 0 Å². The monoisotopic (exact) mass is 343 g/mol. The van der Waals surface area contributed by atoms with Crippen LogP contribution in [-0.2, 0) is 28.8 Å². The van der Waals surface area contributed by atoms with Crippen molar-refractivity contribution >= 4 is 35.4 Å². The summed E-state index contributed by atoms with van der Waals surface area (Å²) in [6.45, 7) is 0.424. The van der Waals surface area contributed by atoms with Crippen LogP contribution in [0.25, 0.3) is 0 Å². The van der Waals surface area contributed by atoms with Crippen LogP contribution in [0.3, 0.4) is 0 Å². The van der Waals surface area contributed by atoms with Crippen LogP contribution in [0.4, 0.5) is 0 Å². The fraction of sp³-hybridized carbons (Fsp3) is 0.538. The fourth-order valence-electron chi connectivity index (χ4n) is 2.15. The molecule has 11 nitrogen and oxygen atoms in total. The summed E-state index contributed by atoms with van der Waals surface area (Å²) in [5.74, 6) is -8.03. The zero-order valence-corrected chi connectivity index (χ0v) is 12.7. The number of ketones is 1. The maximum Gasteiger partial charge on any atom is 0.323 e. The zero-order valence-electron chi connectivity index (χ0n) is 12.7. The van der Waals surface area contributed by atoms with E-state index < -0.39 is 72.8 Å². The first kappa shape index (κ1) is 19.2. The van der Waals surface area contributed by atoms with Crippen LogP contribution in [0.5, 0.6) is 0 Å². The minimum absolute atomic E-state index is 0.413. The number of carboxylic acid groups (broad SMARTS) is 2. The van der Waals surface area contributed by atoms with Gasteiger partial charge in [0.25, 0.3) is 0 Å². The van der Waals surface area contributed by atoms with E-state index in [0.717, 1.165) is 0 Å². The molecule has 1 aliphatic heterocycles. The number of hydrogen-bond donors (Lipinski definition) is 4. The Hall–Kier alpha value is -2.82. The second-order valence-electron chi connectivity index (χ2n) is 5.32. The molecule has 0 saturated carbocycles. The van der Waals surface area contributed by atoms with Gasteiger partial charge >= 0.3 is 11.9 Å². The van der Waals surface area contributed by atoms with E-state index in [1.807, 2.05) is 0 Å². The Bertz CT molecular complexity index is 600. The number of carbonyl (C=O) groups is 6. The number of carbonyl (C=O) groups excluding carboxylic acids is 4. The third kappa shape index (κ3) is 4.59. The van der Waals surface area contributed by atoms with Crippen molar-refractivity contribution in [3.63, 3.8) is 0 Å².